The molecule has 1 amide bonds. The Morgan fingerprint density at radius 1 is 1.14 bits per heavy atom. The molecule has 0 saturated heterocycles. The van der Waals surface area contributed by atoms with Gasteiger partial charge in [-0.05, 0) is 50.7 Å². The van der Waals surface area contributed by atoms with Crippen LogP contribution in [0.25, 0.3) is 6.08 Å². The van der Waals surface area contributed by atoms with Gasteiger partial charge in [0.25, 0.3) is 0 Å². The SMILES string of the molecule is CC(C)(C)c1ccc(C=CC(=O)Nc2ccc(Br)cn2)cc1. The molecule has 0 unspecified atom stereocenters. The molecular formula is C18H19BrN2O. The van der Waals surface area contributed by atoms with Crippen LogP contribution in [0.15, 0.2) is 53.1 Å². The van der Waals surface area contributed by atoms with Crippen LogP contribution in [0, 0.1) is 0 Å². The number of rotatable bonds is 3. The molecule has 0 spiro atoms. The number of anilines is 1. The number of halogens is 1. The molecule has 22 heavy (non-hydrogen) atoms. The van der Waals surface area contributed by atoms with E-state index in [4.69, 9.17) is 0 Å². The molecule has 1 heterocycles. The molecule has 0 atom stereocenters. The molecule has 0 bridgehead atoms. The Balaban J connectivity index is 1.99. The summed E-state index contributed by atoms with van der Waals surface area (Å²) in [5, 5.41) is 2.72. The van der Waals surface area contributed by atoms with Crippen LogP contribution in [-0.4, -0.2) is 10.9 Å². The van der Waals surface area contributed by atoms with Gasteiger partial charge in [-0.3, -0.25) is 4.79 Å². The lowest BCUT2D eigenvalue weighted by Gasteiger charge is -2.18. The van der Waals surface area contributed by atoms with Gasteiger partial charge in [-0.1, -0.05) is 45.0 Å². The maximum absolute atomic E-state index is 11.8. The van der Waals surface area contributed by atoms with Gasteiger partial charge in [0.05, 0.1) is 0 Å². The maximum atomic E-state index is 11.8. The van der Waals surface area contributed by atoms with E-state index in [2.05, 4.69) is 59.1 Å². The van der Waals surface area contributed by atoms with Crippen molar-refractivity contribution in [2.75, 3.05) is 5.32 Å². The second kappa shape index (κ2) is 6.88. The molecule has 2 rings (SSSR count). The van der Waals surface area contributed by atoms with Crippen LogP contribution < -0.4 is 5.32 Å². The van der Waals surface area contributed by atoms with Crippen molar-refractivity contribution < 1.29 is 4.79 Å². The van der Waals surface area contributed by atoms with Crippen molar-refractivity contribution in [2.45, 2.75) is 26.2 Å². The summed E-state index contributed by atoms with van der Waals surface area (Å²) in [6, 6.07) is 11.8. The summed E-state index contributed by atoms with van der Waals surface area (Å²) in [5.41, 5.74) is 2.40. The van der Waals surface area contributed by atoms with Gasteiger partial charge in [0, 0.05) is 16.7 Å². The first-order chi connectivity index (χ1) is 10.3. The van der Waals surface area contributed by atoms with Crippen LogP contribution in [-0.2, 0) is 10.2 Å². The van der Waals surface area contributed by atoms with Crippen LogP contribution in [0.4, 0.5) is 5.82 Å². The highest BCUT2D eigenvalue weighted by atomic mass is 79.9. The van der Waals surface area contributed by atoms with Gasteiger partial charge in [-0.2, -0.15) is 0 Å². The Labute approximate surface area is 139 Å². The molecule has 3 nitrogen and oxygen atoms in total. The summed E-state index contributed by atoms with van der Waals surface area (Å²) in [6.45, 7) is 6.53. The molecule has 0 aliphatic rings. The van der Waals surface area contributed by atoms with Gasteiger partial charge in [0.2, 0.25) is 5.91 Å². The Morgan fingerprint density at radius 3 is 2.36 bits per heavy atom. The van der Waals surface area contributed by atoms with Crippen LogP contribution in [0.5, 0.6) is 0 Å². The van der Waals surface area contributed by atoms with Crippen molar-refractivity contribution in [3.8, 4) is 0 Å². The summed E-state index contributed by atoms with van der Waals surface area (Å²) in [4.78, 5) is 15.9. The van der Waals surface area contributed by atoms with Crippen molar-refractivity contribution in [1.82, 2.24) is 4.98 Å². The highest BCUT2D eigenvalue weighted by Gasteiger charge is 2.12. The van der Waals surface area contributed by atoms with E-state index in [1.54, 1.807) is 18.3 Å². The number of pyridine rings is 1. The summed E-state index contributed by atoms with van der Waals surface area (Å²) in [5.74, 6) is 0.329. The van der Waals surface area contributed by atoms with Gasteiger partial charge in [-0.15, -0.1) is 0 Å². The number of hydrogen-bond donors (Lipinski definition) is 1. The number of amides is 1. The Bertz CT molecular complexity index is 668. The molecule has 0 aliphatic heterocycles. The van der Waals surface area contributed by atoms with Crippen molar-refractivity contribution in [2.24, 2.45) is 0 Å². The molecule has 1 aromatic carbocycles. The Morgan fingerprint density at radius 2 is 1.82 bits per heavy atom. The third-order valence-corrected chi connectivity index (χ3v) is 3.65. The number of aromatic nitrogens is 1. The van der Waals surface area contributed by atoms with Crippen LogP contribution in [0.2, 0.25) is 0 Å². The minimum absolute atomic E-state index is 0.132. The average Bonchev–Trinajstić information content (AvgIpc) is 2.47. The normalized spacial score (nSPS) is 11.6. The highest BCUT2D eigenvalue weighted by Crippen LogP contribution is 2.22. The molecule has 114 valence electrons. The van der Waals surface area contributed by atoms with Crippen molar-refractivity contribution >= 4 is 33.7 Å². The fourth-order valence-electron chi connectivity index (χ4n) is 1.88. The first kappa shape index (κ1) is 16.4. The summed E-state index contributed by atoms with van der Waals surface area (Å²) < 4.78 is 0.875. The number of carbonyl (C=O) groups excluding carboxylic acids is 1. The zero-order valence-corrected chi connectivity index (χ0v) is 14.5. The second-order valence-electron chi connectivity index (χ2n) is 6.06. The molecule has 4 heteroatoms. The van der Waals surface area contributed by atoms with Gasteiger partial charge in [-0.25, -0.2) is 4.98 Å². The molecular weight excluding hydrogens is 340 g/mol. The zero-order valence-electron chi connectivity index (χ0n) is 12.9. The van der Waals surface area contributed by atoms with E-state index in [0.717, 1.165) is 10.0 Å². The third-order valence-electron chi connectivity index (χ3n) is 3.18. The van der Waals surface area contributed by atoms with Crippen LogP contribution in [0.3, 0.4) is 0 Å². The van der Waals surface area contributed by atoms with Gasteiger partial charge >= 0.3 is 0 Å². The zero-order chi connectivity index (χ0) is 16.2. The Kier molecular flexibility index (Phi) is 5.14. The topological polar surface area (TPSA) is 42.0 Å². The van der Waals surface area contributed by atoms with E-state index in [9.17, 15) is 4.79 Å². The smallest absolute Gasteiger partial charge is 0.249 e. The van der Waals surface area contributed by atoms with Gasteiger partial charge in [0.15, 0.2) is 0 Å². The second-order valence-corrected chi connectivity index (χ2v) is 6.97. The van der Waals surface area contributed by atoms with Crippen LogP contribution >= 0.6 is 15.9 Å². The number of carbonyl (C=O) groups is 1. The summed E-state index contributed by atoms with van der Waals surface area (Å²) in [6.07, 6.45) is 4.95. The van der Waals surface area contributed by atoms with E-state index >= 15 is 0 Å². The highest BCUT2D eigenvalue weighted by molar-refractivity contribution is 9.10. The standard InChI is InChI=1S/C18H19BrN2O/c1-18(2,3)14-7-4-13(5-8-14)6-11-17(22)21-16-10-9-15(19)12-20-16/h4-12H,1-3H3,(H,20,21,22). The van der Waals surface area contributed by atoms with Gasteiger partial charge < -0.3 is 5.32 Å². The predicted molar refractivity (Wildman–Crippen MR) is 94.7 cm³/mol. The molecule has 1 aromatic heterocycles. The van der Waals surface area contributed by atoms with Crippen LogP contribution in [0.1, 0.15) is 31.9 Å². The first-order valence-corrected chi connectivity index (χ1v) is 7.85. The van der Waals surface area contributed by atoms with Crippen molar-refractivity contribution in [3.63, 3.8) is 0 Å². The largest absolute Gasteiger partial charge is 0.307 e. The fraction of sp³-hybridized carbons (Fsp3) is 0.222. The van der Waals surface area contributed by atoms with Crippen molar-refractivity contribution in [3.05, 3.63) is 64.3 Å². The fourth-order valence-corrected chi connectivity index (χ4v) is 2.12. The monoisotopic (exact) mass is 358 g/mol. The number of nitrogens with one attached hydrogen (secondary N) is 1. The number of hydrogen-bond acceptors (Lipinski definition) is 2. The average molecular weight is 359 g/mol. The third kappa shape index (κ3) is 4.81. The minimum atomic E-state index is -0.199. The van der Waals surface area contributed by atoms with E-state index in [1.165, 1.54) is 11.6 Å². The molecule has 1 N–H and O–H groups in total. The molecule has 0 aliphatic carbocycles. The maximum Gasteiger partial charge on any atom is 0.249 e. The van der Waals surface area contributed by atoms with E-state index in [0.29, 0.717) is 5.82 Å². The molecule has 0 radical (unpaired) electrons. The molecule has 2 aromatic rings. The molecule has 0 fully saturated rings. The predicted octanol–water partition coefficient (Wildman–Crippen LogP) is 4.79. The summed E-state index contributed by atoms with van der Waals surface area (Å²) in [7, 11) is 0. The lowest BCUT2D eigenvalue weighted by atomic mass is 9.87. The van der Waals surface area contributed by atoms with Gasteiger partial charge in [0.1, 0.15) is 5.82 Å². The number of benzene rings is 1. The lowest BCUT2D eigenvalue weighted by Crippen LogP contribution is -2.10. The first-order valence-electron chi connectivity index (χ1n) is 7.06. The van der Waals surface area contributed by atoms with E-state index < -0.39 is 0 Å². The quantitative estimate of drug-likeness (QED) is 0.801. The molecule has 0 saturated carbocycles. The van der Waals surface area contributed by atoms with E-state index in [1.807, 2.05) is 18.2 Å². The lowest BCUT2D eigenvalue weighted by molar-refractivity contribution is -0.111. The Hall–Kier alpha value is -1.94. The van der Waals surface area contributed by atoms with Crippen molar-refractivity contribution in [1.29, 1.82) is 0 Å². The minimum Gasteiger partial charge on any atom is -0.307 e. The number of nitrogens with zero attached hydrogens (tertiary/aromatic N) is 1. The summed E-state index contributed by atoms with van der Waals surface area (Å²) >= 11 is 3.30. The van der Waals surface area contributed by atoms with E-state index in [-0.39, 0.29) is 11.3 Å².